The summed E-state index contributed by atoms with van der Waals surface area (Å²) in [6.45, 7) is 4.37. The quantitative estimate of drug-likeness (QED) is 0.757. The van der Waals surface area contributed by atoms with Crippen LogP contribution in [0.25, 0.3) is 11.1 Å². The van der Waals surface area contributed by atoms with Crippen LogP contribution in [0, 0.1) is 6.92 Å². The largest absolute Gasteiger partial charge is 0.497 e. The molecule has 0 saturated heterocycles. The molecule has 0 spiro atoms. The predicted octanol–water partition coefficient (Wildman–Crippen LogP) is 4.62. The van der Waals surface area contributed by atoms with E-state index in [0.29, 0.717) is 0 Å². The van der Waals surface area contributed by atoms with Gasteiger partial charge in [0, 0.05) is 0 Å². The van der Waals surface area contributed by atoms with Crippen LogP contribution in [0.4, 0.5) is 0 Å². The second-order valence-electron chi connectivity index (χ2n) is 4.64. The fraction of sp³-hybridized carbons (Fsp3) is 0.294. The molecule has 2 aromatic carbocycles. The van der Waals surface area contributed by atoms with Crippen LogP contribution in [0.1, 0.15) is 24.5 Å². The average molecular weight is 240 g/mol. The van der Waals surface area contributed by atoms with Crippen LogP contribution < -0.4 is 4.74 Å². The lowest BCUT2D eigenvalue weighted by atomic mass is 9.95. The van der Waals surface area contributed by atoms with E-state index in [2.05, 4.69) is 44.2 Å². The summed E-state index contributed by atoms with van der Waals surface area (Å²) in [5.74, 6) is 0.905. The minimum atomic E-state index is 0.905. The van der Waals surface area contributed by atoms with Crippen molar-refractivity contribution in [2.24, 2.45) is 0 Å². The minimum Gasteiger partial charge on any atom is -0.497 e. The maximum atomic E-state index is 5.20. The molecular formula is C17H20O. The van der Waals surface area contributed by atoms with Crippen LogP contribution in [0.2, 0.25) is 0 Å². The molecule has 94 valence electrons. The molecule has 0 saturated carbocycles. The first-order chi connectivity index (χ1) is 8.74. The lowest BCUT2D eigenvalue weighted by Crippen LogP contribution is -1.91. The van der Waals surface area contributed by atoms with Gasteiger partial charge in [0.25, 0.3) is 0 Å². The number of hydrogen-bond donors (Lipinski definition) is 0. The van der Waals surface area contributed by atoms with Crippen molar-refractivity contribution in [3.05, 3.63) is 53.6 Å². The van der Waals surface area contributed by atoms with E-state index >= 15 is 0 Å². The molecule has 0 aromatic heterocycles. The summed E-state index contributed by atoms with van der Waals surface area (Å²) in [5.41, 5.74) is 5.36. The third-order valence-corrected chi connectivity index (χ3v) is 3.18. The van der Waals surface area contributed by atoms with Crippen molar-refractivity contribution in [1.82, 2.24) is 0 Å². The zero-order chi connectivity index (χ0) is 13.0. The Morgan fingerprint density at radius 1 is 1.00 bits per heavy atom. The molecule has 0 radical (unpaired) electrons. The highest BCUT2D eigenvalue weighted by Gasteiger charge is 2.05. The van der Waals surface area contributed by atoms with Gasteiger partial charge in [0.1, 0.15) is 5.75 Å². The summed E-state index contributed by atoms with van der Waals surface area (Å²) in [4.78, 5) is 0. The van der Waals surface area contributed by atoms with Crippen LogP contribution >= 0.6 is 0 Å². The highest BCUT2D eigenvalue weighted by atomic mass is 16.5. The van der Waals surface area contributed by atoms with Crippen molar-refractivity contribution in [1.29, 1.82) is 0 Å². The standard InChI is InChI=1S/C17H20O/c1-4-5-15-12-13(2)6-11-17(15)14-7-9-16(18-3)10-8-14/h6-12H,4-5H2,1-3H3. The molecule has 0 atom stereocenters. The Kier molecular flexibility index (Phi) is 4.03. The number of methoxy groups -OCH3 is 1. The third-order valence-electron chi connectivity index (χ3n) is 3.18. The Morgan fingerprint density at radius 2 is 1.72 bits per heavy atom. The van der Waals surface area contributed by atoms with Crippen LogP contribution in [0.3, 0.4) is 0 Å². The Hall–Kier alpha value is -1.76. The Morgan fingerprint density at radius 3 is 2.33 bits per heavy atom. The monoisotopic (exact) mass is 240 g/mol. The van der Waals surface area contributed by atoms with Crippen molar-refractivity contribution in [2.75, 3.05) is 7.11 Å². The van der Waals surface area contributed by atoms with Crippen molar-refractivity contribution >= 4 is 0 Å². The van der Waals surface area contributed by atoms with Gasteiger partial charge >= 0.3 is 0 Å². The number of hydrogen-bond acceptors (Lipinski definition) is 1. The number of benzene rings is 2. The van der Waals surface area contributed by atoms with Crippen LogP contribution in [-0.2, 0) is 6.42 Å². The number of ether oxygens (including phenoxy) is 1. The van der Waals surface area contributed by atoms with Gasteiger partial charge in [-0.2, -0.15) is 0 Å². The smallest absolute Gasteiger partial charge is 0.118 e. The van der Waals surface area contributed by atoms with Gasteiger partial charge in [-0.05, 0) is 42.2 Å². The topological polar surface area (TPSA) is 9.23 Å². The Balaban J connectivity index is 2.41. The summed E-state index contributed by atoms with van der Waals surface area (Å²) in [5, 5.41) is 0. The molecule has 0 unspecified atom stereocenters. The molecule has 0 bridgehead atoms. The lowest BCUT2D eigenvalue weighted by Gasteiger charge is -2.11. The van der Waals surface area contributed by atoms with Crippen LogP contribution in [0.5, 0.6) is 5.75 Å². The van der Waals surface area contributed by atoms with E-state index in [4.69, 9.17) is 4.74 Å². The van der Waals surface area contributed by atoms with Crippen molar-refractivity contribution in [2.45, 2.75) is 26.7 Å². The summed E-state index contributed by atoms with van der Waals surface area (Å²) in [6.07, 6.45) is 2.30. The SMILES string of the molecule is CCCc1cc(C)ccc1-c1ccc(OC)cc1. The van der Waals surface area contributed by atoms with E-state index in [1.807, 2.05) is 12.1 Å². The molecule has 1 heteroatoms. The number of aryl methyl sites for hydroxylation is 2. The van der Waals surface area contributed by atoms with Crippen LogP contribution in [-0.4, -0.2) is 7.11 Å². The van der Waals surface area contributed by atoms with E-state index in [0.717, 1.165) is 12.2 Å². The Bertz CT molecular complexity index is 512. The highest BCUT2D eigenvalue weighted by molar-refractivity contribution is 5.68. The number of rotatable bonds is 4. The molecule has 0 aliphatic rings. The Labute approximate surface area is 109 Å². The van der Waals surface area contributed by atoms with Gasteiger partial charge in [0.2, 0.25) is 0 Å². The summed E-state index contributed by atoms with van der Waals surface area (Å²) in [7, 11) is 1.70. The summed E-state index contributed by atoms with van der Waals surface area (Å²) >= 11 is 0. The molecule has 0 aliphatic heterocycles. The normalized spacial score (nSPS) is 10.4. The predicted molar refractivity (Wildman–Crippen MR) is 77.2 cm³/mol. The fourth-order valence-corrected chi connectivity index (χ4v) is 2.25. The third kappa shape index (κ3) is 2.73. The van der Waals surface area contributed by atoms with Gasteiger partial charge in [0.05, 0.1) is 7.11 Å². The lowest BCUT2D eigenvalue weighted by molar-refractivity contribution is 0.415. The first-order valence-corrected chi connectivity index (χ1v) is 6.48. The van der Waals surface area contributed by atoms with Crippen molar-refractivity contribution < 1.29 is 4.74 Å². The average Bonchev–Trinajstić information content (AvgIpc) is 2.40. The van der Waals surface area contributed by atoms with Gasteiger partial charge in [-0.15, -0.1) is 0 Å². The van der Waals surface area contributed by atoms with Gasteiger partial charge in [0.15, 0.2) is 0 Å². The zero-order valence-electron chi connectivity index (χ0n) is 11.4. The van der Waals surface area contributed by atoms with Gasteiger partial charge in [-0.1, -0.05) is 49.2 Å². The van der Waals surface area contributed by atoms with Crippen LogP contribution in [0.15, 0.2) is 42.5 Å². The molecule has 2 rings (SSSR count). The molecule has 0 amide bonds. The van der Waals surface area contributed by atoms with Gasteiger partial charge < -0.3 is 4.74 Å². The molecule has 0 heterocycles. The summed E-state index contributed by atoms with van der Waals surface area (Å²) in [6, 6.07) is 15.0. The van der Waals surface area contributed by atoms with E-state index < -0.39 is 0 Å². The van der Waals surface area contributed by atoms with Gasteiger partial charge in [-0.25, -0.2) is 0 Å². The minimum absolute atomic E-state index is 0.905. The van der Waals surface area contributed by atoms with E-state index in [1.165, 1.54) is 28.7 Å². The highest BCUT2D eigenvalue weighted by Crippen LogP contribution is 2.27. The summed E-state index contributed by atoms with van der Waals surface area (Å²) < 4.78 is 5.20. The van der Waals surface area contributed by atoms with Crippen molar-refractivity contribution in [3.8, 4) is 16.9 Å². The first kappa shape index (κ1) is 12.7. The van der Waals surface area contributed by atoms with E-state index in [9.17, 15) is 0 Å². The zero-order valence-corrected chi connectivity index (χ0v) is 11.4. The molecular weight excluding hydrogens is 220 g/mol. The molecule has 2 aromatic rings. The van der Waals surface area contributed by atoms with Crippen molar-refractivity contribution in [3.63, 3.8) is 0 Å². The second kappa shape index (κ2) is 5.72. The molecule has 0 fully saturated rings. The second-order valence-corrected chi connectivity index (χ2v) is 4.64. The molecule has 18 heavy (non-hydrogen) atoms. The van der Waals surface area contributed by atoms with E-state index in [-0.39, 0.29) is 0 Å². The molecule has 1 nitrogen and oxygen atoms in total. The fourth-order valence-electron chi connectivity index (χ4n) is 2.25. The first-order valence-electron chi connectivity index (χ1n) is 6.48. The maximum Gasteiger partial charge on any atom is 0.118 e. The van der Waals surface area contributed by atoms with E-state index in [1.54, 1.807) is 7.11 Å². The van der Waals surface area contributed by atoms with Gasteiger partial charge in [-0.3, -0.25) is 0 Å². The molecule has 0 aliphatic carbocycles. The maximum absolute atomic E-state index is 5.20. The molecule has 0 N–H and O–H groups in total.